The number of likely N-dealkylation sites (N-methyl/N-ethyl adjacent to an activating group) is 1. The fraction of sp³-hybridized carbons (Fsp3) is 0.250. The van der Waals surface area contributed by atoms with Gasteiger partial charge in [-0.05, 0) is 57.4 Å². The molecule has 0 spiro atoms. The number of hydrogen-bond donors (Lipinski definition) is 1. The van der Waals surface area contributed by atoms with Crippen LogP contribution in [0.2, 0.25) is 0 Å². The van der Waals surface area contributed by atoms with Crippen molar-refractivity contribution in [1.29, 1.82) is 0 Å². The van der Waals surface area contributed by atoms with E-state index >= 15 is 0 Å². The van der Waals surface area contributed by atoms with Crippen LogP contribution >= 0.6 is 27.3 Å². The molecule has 4 heteroatoms. The Balaban J connectivity index is 1.92. The predicted octanol–water partition coefficient (Wildman–Crippen LogP) is 5.15. The van der Waals surface area contributed by atoms with Gasteiger partial charge in [-0.15, -0.1) is 11.3 Å². The highest BCUT2D eigenvalue weighted by molar-refractivity contribution is 9.10. The van der Waals surface area contributed by atoms with Gasteiger partial charge in [0.2, 0.25) is 0 Å². The standard InChI is InChI=1S/C16H16BrNOS/c1-2-18-14(13-7-8-19-16(13)17)9-11-10-20-15-6-4-3-5-12(11)15/h3-8,10,14,18H,2,9H2,1H3. The van der Waals surface area contributed by atoms with Gasteiger partial charge in [0.1, 0.15) is 0 Å². The van der Waals surface area contributed by atoms with Crippen LogP contribution in [0.15, 0.2) is 51.1 Å². The molecule has 3 aromatic rings. The minimum Gasteiger partial charge on any atom is -0.457 e. The molecule has 2 aromatic heterocycles. The highest BCUT2D eigenvalue weighted by atomic mass is 79.9. The Labute approximate surface area is 130 Å². The number of thiophene rings is 1. The second kappa shape index (κ2) is 6.12. The van der Waals surface area contributed by atoms with Gasteiger partial charge in [-0.1, -0.05) is 25.1 Å². The molecule has 1 unspecified atom stereocenters. The van der Waals surface area contributed by atoms with E-state index in [2.05, 4.69) is 57.8 Å². The van der Waals surface area contributed by atoms with Crippen molar-refractivity contribution in [3.63, 3.8) is 0 Å². The SMILES string of the molecule is CCNC(Cc1csc2ccccc12)c1ccoc1Br. The molecule has 2 heterocycles. The molecule has 20 heavy (non-hydrogen) atoms. The van der Waals surface area contributed by atoms with Crippen molar-refractivity contribution in [2.45, 2.75) is 19.4 Å². The summed E-state index contributed by atoms with van der Waals surface area (Å²) in [5, 5.41) is 7.17. The van der Waals surface area contributed by atoms with Crippen LogP contribution in [0.25, 0.3) is 10.1 Å². The van der Waals surface area contributed by atoms with E-state index in [0.717, 1.165) is 17.6 Å². The number of nitrogens with one attached hydrogen (secondary N) is 1. The Kier molecular flexibility index (Phi) is 4.24. The molecule has 0 radical (unpaired) electrons. The van der Waals surface area contributed by atoms with Crippen molar-refractivity contribution in [2.75, 3.05) is 6.54 Å². The van der Waals surface area contributed by atoms with E-state index in [1.54, 1.807) is 6.26 Å². The molecule has 0 amide bonds. The molecule has 0 saturated carbocycles. The summed E-state index contributed by atoms with van der Waals surface area (Å²) in [4.78, 5) is 0. The Morgan fingerprint density at radius 3 is 2.90 bits per heavy atom. The van der Waals surface area contributed by atoms with Crippen molar-refractivity contribution in [3.05, 3.63) is 57.8 Å². The van der Waals surface area contributed by atoms with Gasteiger partial charge >= 0.3 is 0 Å². The van der Waals surface area contributed by atoms with Gasteiger partial charge in [0, 0.05) is 16.3 Å². The molecule has 1 N–H and O–H groups in total. The molecule has 3 rings (SSSR count). The molecule has 0 aliphatic rings. The fourth-order valence-corrected chi connectivity index (χ4v) is 4.00. The lowest BCUT2D eigenvalue weighted by Gasteiger charge is -2.16. The van der Waals surface area contributed by atoms with Crippen molar-refractivity contribution >= 4 is 37.4 Å². The van der Waals surface area contributed by atoms with Gasteiger partial charge in [-0.25, -0.2) is 0 Å². The van der Waals surface area contributed by atoms with Gasteiger partial charge in [-0.2, -0.15) is 0 Å². The Morgan fingerprint density at radius 1 is 1.30 bits per heavy atom. The van der Waals surface area contributed by atoms with E-state index in [4.69, 9.17) is 4.42 Å². The molecule has 104 valence electrons. The number of hydrogen-bond acceptors (Lipinski definition) is 3. The second-order valence-corrected chi connectivity index (χ2v) is 6.35. The maximum atomic E-state index is 5.38. The summed E-state index contributed by atoms with van der Waals surface area (Å²) >= 11 is 5.30. The third-order valence-corrected chi connectivity index (χ3v) is 5.11. The highest BCUT2D eigenvalue weighted by Gasteiger charge is 2.18. The summed E-state index contributed by atoms with van der Waals surface area (Å²) in [5.74, 6) is 0. The average Bonchev–Trinajstić information content (AvgIpc) is 3.05. The lowest BCUT2D eigenvalue weighted by molar-refractivity contribution is 0.507. The minimum atomic E-state index is 0.270. The van der Waals surface area contributed by atoms with E-state index in [9.17, 15) is 0 Å². The highest BCUT2D eigenvalue weighted by Crippen LogP contribution is 2.32. The van der Waals surface area contributed by atoms with Crippen LogP contribution < -0.4 is 5.32 Å². The third-order valence-electron chi connectivity index (χ3n) is 3.46. The number of halogens is 1. The summed E-state index contributed by atoms with van der Waals surface area (Å²) in [5.41, 5.74) is 2.58. The summed E-state index contributed by atoms with van der Waals surface area (Å²) in [6.07, 6.45) is 2.70. The molecule has 1 atom stereocenters. The normalized spacial score (nSPS) is 12.9. The number of fused-ring (bicyclic) bond motifs is 1. The molecule has 0 aliphatic carbocycles. The van der Waals surface area contributed by atoms with E-state index in [1.807, 2.05) is 17.4 Å². The van der Waals surface area contributed by atoms with Crippen LogP contribution in [-0.4, -0.2) is 6.54 Å². The largest absolute Gasteiger partial charge is 0.457 e. The quantitative estimate of drug-likeness (QED) is 0.688. The van der Waals surface area contributed by atoms with E-state index in [0.29, 0.717) is 0 Å². The molecule has 0 bridgehead atoms. The first kappa shape index (κ1) is 13.9. The maximum absolute atomic E-state index is 5.38. The first-order valence-corrected chi connectivity index (χ1v) is 8.38. The number of rotatable bonds is 5. The summed E-state index contributed by atoms with van der Waals surface area (Å²) in [6.45, 7) is 3.07. The fourth-order valence-electron chi connectivity index (χ4n) is 2.50. The zero-order chi connectivity index (χ0) is 13.9. The van der Waals surface area contributed by atoms with Crippen molar-refractivity contribution in [2.24, 2.45) is 0 Å². The van der Waals surface area contributed by atoms with Crippen molar-refractivity contribution < 1.29 is 4.42 Å². The number of benzene rings is 1. The molecule has 0 fully saturated rings. The van der Waals surface area contributed by atoms with Crippen LogP contribution in [0, 0.1) is 0 Å². The Morgan fingerprint density at radius 2 is 2.15 bits per heavy atom. The summed E-state index contributed by atoms with van der Waals surface area (Å²) in [7, 11) is 0. The zero-order valence-electron chi connectivity index (χ0n) is 11.2. The molecular formula is C16H16BrNOS. The van der Waals surface area contributed by atoms with Crippen LogP contribution in [-0.2, 0) is 6.42 Å². The van der Waals surface area contributed by atoms with Gasteiger partial charge in [0.15, 0.2) is 4.67 Å². The maximum Gasteiger partial charge on any atom is 0.173 e. The Bertz CT molecular complexity index is 703. The van der Waals surface area contributed by atoms with Crippen molar-refractivity contribution in [3.8, 4) is 0 Å². The smallest absolute Gasteiger partial charge is 0.173 e. The topological polar surface area (TPSA) is 25.2 Å². The van der Waals surface area contributed by atoms with Gasteiger partial charge in [0.25, 0.3) is 0 Å². The van der Waals surface area contributed by atoms with E-state index < -0.39 is 0 Å². The first-order valence-electron chi connectivity index (χ1n) is 6.71. The van der Waals surface area contributed by atoms with E-state index in [1.165, 1.54) is 21.2 Å². The molecule has 1 aromatic carbocycles. The van der Waals surface area contributed by atoms with Crippen LogP contribution in [0.1, 0.15) is 24.1 Å². The lowest BCUT2D eigenvalue weighted by atomic mass is 10.0. The molecule has 0 aliphatic heterocycles. The Hall–Kier alpha value is -1.10. The van der Waals surface area contributed by atoms with Gasteiger partial charge < -0.3 is 9.73 Å². The summed E-state index contributed by atoms with van der Waals surface area (Å²) in [6, 6.07) is 10.9. The average molecular weight is 350 g/mol. The monoisotopic (exact) mass is 349 g/mol. The van der Waals surface area contributed by atoms with Gasteiger partial charge in [-0.3, -0.25) is 0 Å². The van der Waals surface area contributed by atoms with Crippen LogP contribution in [0.5, 0.6) is 0 Å². The van der Waals surface area contributed by atoms with Crippen molar-refractivity contribution in [1.82, 2.24) is 5.32 Å². The van der Waals surface area contributed by atoms with E-state index in [-0.39, 0.29) is 6.04 Å². The van der Waals surface area contributed by atoms with Crippen LogP contribution in [0.3, 0.4) is 0 Å². The predicted molar refractivity (Wildman–Crippen MR) is 88.4 cm³/mol. The number of furan rings is 1. The summed E-state index contributed by atoms with van der Waals surface area (Å²) < 4.78 is 7.55. The van der Waals surface area contributed by atoms with Gasteiger partial charge in [0.05, 0.1) is 6.26 Å². The van der Waals surface area contributed by atoms with Crippen LogP contribution in [0.4, 0.5) is 0 Å². The minimum absolute atomic E-state index is 0.270. The first-order chi connectivity index (χ1) is 9.79. The molecular weight excluding hydrogens is 334 g/mol. The zero-order valence-corrected chi connectivity index (χ0v) is 13.6. The molecule has 2 nitrogen and oxygen atoms in total. The second-order valence-electron chi connectivity index (χ2n) is 4.72. The molecule has 0 saturated heterocycles. The lowest BCUT2D eigenvalue weighted by Crippen LogP contribution is -2.22. The third kappa shape index (κ3) is 2.68.